The number of likely N-dealkylation sites (tertiary alicyclic amines) is 1. The Morgan fingerprint density at radius 2 is 2.17 bits per heavy atom. The molecular formula is C13H23NO4. The summed E-state index contributed by atoms with van der Waals surface area (Å²) in [6.45, 7) is 6.62. The van der Waals surface area contributed by atoms with E-state index < -0.39 is 11.7 Å². The number of aliphatic hydroxyl groups excluding tert-OH is 2. The number of hydrogen-bond acceptors (Lipinski definition) is 4. The maximum absolute atomic E-state index is 12.0. The Hall–Kier alpha value is -0.810. The Kier molecular flexibility index (Phi) is 3.32. The molecule has 1 saturated heterocycles. The molecule has 1 spiro atoms. The molecule has 104 valence electrons. The van der Waals surface area contributed by atoms with Crippen LogP contribution in [0.25, 0.3) is 0 Å². The molecule has 1 amide bonds. The summed E-state index contributed by atoms with van der Waals surface area (Å²) in [6, 6.07) is 0. The summed E-state index contributed by atoms with van der Waals surface area (Å²) < 4.78 is 5.35. The molecule has 0 aromatic carbocycles. The molecule has 2 rings (SSSR count). The fourth-order valence-corrected chi connectivity index (χ4v) is 2.84. The normalized spacial score (nSPS) is 35.7. The van der Waals surface area contributed by atoms with E-state index in [0.717, 1.165) is 6.42 Å². The molecule has 2 aliphatic rings. The van der Waals surface area contributed by atoms with Gasteiger partial charge in [-0.05, 0) is 39.5 Å². The lowest BCUT2D eigenvalue weighted by Crippen LogP contribution is -2.49. The van der Waals surface area contributed by atoms with E-state index in [1.54, 1.807) is 4.90 Å². The number of carbonyl (C=O) groups excluding carboxylic acids is 1. The Labute approximate surface area is 108 Å². The van der Waals surface area contributed by atoms with Crippen molar-refractivity contribution in [3.05, 3.63) is 0 Å². The summed E-state index contributed by atoms with van der Waals surface area (Å²) >= 11 is 0. The Balaban J connectivity index is 1.98. The van der Waals surface area contributed by atoms with E-state index in [0.29, 0.717) is 19.5 Å². The molecule has 18 heavy (non-hydrogen) atoms. The zero-order valence-electron chi connectivity index (χ0n) is 11.3. The molecule has 0 bridgehead atoms. The first-order valence-corrected chi connectivity index (χ1v) is 6.55. The van der Waals surface area contributed by atoms with Gasteiger partial charge in [0.2, 0.25) is 0 Å². The summed E-state index contributed by atoms with van der Waals surface area (Å²) in [5, 5.41) is 19.2. The molecule has 5 heteroatoms. The number of hydrogen-bond donors (Lipinski definition) is 2. The fourth-order valence-electron chi connectivity index (χ4n) is 2.84. The highest BCUT2D eigenvalue weighted by atomic mass is 16.6. The first-order valence-electron chi connectivity index (χ1n) is 6.55. The first kappa shape index (κ1) is 13.6. The van der Waals surface area contributed by atoms with Gasteiger partial charge in [0, 0.05) is 25.1 Å². The summed E-state index contributed by atoms with van der Waals surface area (Å²) in [5.41, 5.74) is -0.788. The van der Waals surface area contributed by atoms with Crippen molar-refractivity contribution in [2.24, 2.45) is 11.3 Å². The number of aliphatic hydroxyl groups is 2. The molecule has 5 nitrogen and oxygen atoms in total. The van der Waals surface area contributed by atoms with Crippen molar-refractivity contribution in [3.63, 3.8) is 0 Å². The zero-order chi connectivity index (χ0) is 13.6. The van der Waals surface area contributed by atoms with Crippen molar-refractivity contribution in [2.45, 2.75) is 45.3 Å². The number of piperidine rings is 1. The lowest BCUT2D eigenvalue weighted by atomic mass is 9.89. The largest absolute Gasteiger partial charge is 0.444 e. The van der Waals surface area contributed by atoms with Crippen LogP contribution in [0.2, 0.25) is 0 Å². The van der Waals surface area contributed by atoms with E-state index in [1.165, 1.54) is 0 Å². The quantitative estimate of drug-likeness (QED) is 0.735. The number of ether oxygens (including phenoxy) is 1. The van der Waals surface area contributed by atoms with Gasteiger partial charge in [-0.2, -0.15) is 0 Å². The molecular weight excluding hydrogens is 234 g/mol. The van der Waals surface area contributed by atoms with E-state index >= 15 is 0 Å². The topological polar surface area (TPSA) is 70.0 Å². The number of carbonyl (C=O) groups is 1. The van der Waals surface area contributed by atoms with Gasteiger partial charge in [0.15, 0.2) is 0 Å². The van der Waals surface area contributed by atoms with Gasteiger partial charge in [0.25, 0.3) is 0 Å². The van der Waals surface area contributed by atoms with Gasteiger partial charge in [-0.3, -0.25) is 0 Å². The molecule has 0 aromatic heterocycles. The molecule has 2 fully saturated rings. The first-order chi connectivity index (χ1) is 8.28. The second kappa shape index (κ2) is 4.38. The maximum atomic E-state index is 12.0. The van der Waals surface area contributed by atoms with Crippen molar-refractivity contribution in [3.8, 4) is 0 Å². The highest BCUT2D eigenvalue weighted by Gasteiger charge is 2.61. The molecule has 1 saturated carbocycles. The maximum Gasteiger partial charge on any atom is 0.410 e. The molecule has 1 aliphatic carbocycles. The molecule has 3 unspecified atom stereocenters. The van der Waals surface area contributed by atoms with E-state index in [-0.39, 0.29) is 24.0 Å². The van der Waals surface area contributed by atoms with Gasteiger partial charge < -0.3 is 19.8 Å². The van der Waals surface area contributed by atoms with Crippen LogP contribution in [0.5, 0.6) is 0 Å². The number of rotatable bonds is 1. The van der Waals surface area contributed by atoms with Gasteiger partial charge in [-0.25, -0.2) is 4.79 Å². The van der Waals surface area contributed by atoms with Crippen LogP contribution in [0.15, 0.2) is 0 Å². The van der Waals surface area contributed by atoms with Gasteiger partial charge in [-0.15, -0.1) is 0 Å². The highest BCUT2D eigenvalue weighted by Crippen LogP contribution is 2.57. The van der Waals surface area contributed by atoms with Crippen molar-refractivity contribution in [1.29, 1.82) is 0 Å². The Bertz CT molecular complexity index is 338. The fraction of sp³-hybridized carbons (Fsp3) is 0.923. The van der Waals surface area contributed by atoms with Gasteiger partial charge in [-0.1, -0.05) is 0 Å². The van der Waals surface area contributed by atoms with Crippen molar-refractivity contribution >= 4 is 6.09 Å². The predicted octanol–water partition coefficient (Wildman–Crippen LogP) is 0.987. The van der Waals surface area contributed by atoms with Crippen LogP contribution >= 0.6 is 0 Å². The van der Waals surface area contributed by atoms with Gasteiger partial charge in [0.05, 0.1) is 6.10 Å². The zero-order valence-corrected chi connectivity index (χ0v) is 11.3. The molecule has 3 atom stereocenters. The summed E-state index contributed by atoms with van der Waals surface area (Å²) in [5.74, 6) is 0.123. The number of amides is 1. The minimum atomic E-state index is -0.500. The molecule has 2 N–H and O–H groups in total. The second-order valence-corrected chi connectivity index (χ2v) is 6.52. The van der Waals surface area contributed by atoms with Crippen LogP contribution < -0.4 is 0 Å². The van der Waals surface area contributed by atoms with Crippen molar-refractivity contribution in [1.82, 2.24) is 4.90 Å². The van der Waals surface area contributed by atoms with Crippen LogP contribution in [0.4, 0.5) is 4.79 Å². The Morgan fingerprint density at radius 1 is 1.50 bits per heavy atom. The second-order valence-electron chi connectivity index (χ2n) is 6.52. The van der Waals surface area contributed by atoms with Crippen molar-refractivity contribution in [2.75, 3.05) is 19.7 Å². The Morgan fingerprint density at radius 3 is 2.67 bits per heavy atom. The standard InChI is InChI=1S/C13H23NO4/c1-12(2,3)18-11(17)14-5-4-10(16)13(8-14)6-9(13)7-15/h9-10,15-16H,4-8H2,1-3H3. The summed E-state index contributed by atoms with van der Waals surface area (Å²) in [7, 11) is 0. The highest BCUT2D eigenvalue weighted by molar-refractivity contribution is 5.68. The van der Waals surface area contributed by atoms with E-state index in [4.69, 9.17) is 4.74 Å². The van der Waals surface area contributed by atoms with Crippen LogP contribution in [-0.4, -0.2) is 52.6 Å². The van der Waals surface area contributed by atoms with Crippen LogP contribution in [0.3, 0.4) is 0 Å². The molecule has 0 radical (unpaired) electrons. The lowest BCUT2D eigenvalue weighted by Gasteiger charge is -2.38. The van der Waals surface area contributed by atoms with Crippen LogP contribution in [0, 0.1) is 11.3 Å². The average molecular weight is 257 g/mol. The third-order valence-corrected chi connectivity index (χ3v) is 3.97. The average Bonchev–Trinajstić information content (AvgIpc) is 2.94. The van der Waals surface area contributed by atoms with E-state index in [2.05, 4.69) is 0 Å². The predicted molar refractivity (Wildman–Crippen MR) is 66.1 cm³/mol. The lowest BCUT2D eigenvalue weighted by molar-refractivity contribution is -0.0227. The monoisotopic (exact) mass is 257 g/mol. The van der Waals surface area contributed by atoms with Gasteiger partial charge in [0.1, 0.15) is 5.60 Å². The van der Waals surface area contributed by atoms with Crippen LogP contribution in [0.1, 0.15) is 33.6 Å². The smallest absolute Gasteiger partial charge is 0.410 e. The SMILES string of the molecule is CC(C)(C)OC(=O)N1CCC(O)C2(CC2CO)C1. The molecule has 1 aliphatic heterocycles. The van der Waals surface area contributed by atoms with Crippen molar-refractivity contribution < 1.29 is 19.7 Å². The minimum absolute atomic E-state index is 0.0826. The van der Waals surface area contributed by atoms with E-state index in [9.17, 15) is 15.0 Å². The molecule has 1 heterocycles. The molecule has 0 aromatic rings. The van der Waals surface area contributed by atoms with Gasteiger partial charge >= 0.3 is 6.09 Å². The third-order valence-electron chi connectivity index (χ3n) is 3.97. The van der Waals surface area contributed by atoms with Crippen LogP contribution in [-0.2, 0) is 4.74 Å². The third kappa shape index (κ3) is 2.47. The summed E-state index contributed by atoms with van der Waals surface area (Å²) in [6.07, 6.45) is 0.630. The number of nitrogens with zero attached hydrogens (tertiary/aromatic N) is 1. The minimum Gasteiger partial charge on any atom is -0.444 e. The van der Waals surface area contributed by atoms with E-state index in [1.807, 2.05) is 20.8 Å². The summed E-state index contributed by atoms with van der Waals surface area (Å²) in [4.78, 5) is 13.7.